The molecule has 5 heteroatoms. The van der Waals surface area contributed by atoms with Gasteiger partial charge in [-0.1, -0.05) is 31.0 Å². The van der Waals surface area contributed by atoms with Crippen LogP contribution in [0, 0.1) is 0 Å². The van der Waals surface area contributed by atoms with Crippen LogP contribution in [-0.4, -0.2) is 33.5 Å². The first-order valence-corrected chi connectivity index (χ1v) is 12.6. The second-order valence-electron chi connectivity index (χ2n) is 8.02. The molecule has 0 saturated heterocycles. The lowest BCUT2D eigenvalue weighted by Gasteiger charge is -2.17. The fourth-order valence-corrected chi connectivity index (χ4v) is 4.87. The molecule has 0 aromatic heterocycles. The lowest BCUT2D eigenvalue weighted by molar-refractivity contribution is 0.282. The summed E-state index contributed by atoms with van der Waals surface area (Å²) < 4.78 is 29.1. The SMILES string of the molecule is COc1ccc2c(c1)CCCC(c1ccc(S(C)(=O)=O)cc1)=C2CCCCCCO. The van der Waals surface area contributed by atoms with Crippen LogP contribution in [0.1, 0.15) is 61.6 Å². The molecule has 0 radical (unpaired) electrons. The average Bonchev–Trinajstić information content (AvgIpc) is 2.92. The molecule has 162 valence electrons. The maximum Gasteiger partial charge on any atom is 0.175 e. The Morgan fingerprint density at radius 1 is 0.967 bits per heavy atom. The Kier molecular flexibility index (Phi) is 7.73. The number of fused-ring (bicyclic) bond motifs is 1. The van der Waals surface area contributed by atoms with Crippen molar-refractivity contribution in [2.45, 2.75) is 56.3 Å². The Hall–Kier alpha value is -2.11. The number of sulfone groups is 1. The van der Waals surface area contributed by atoms with Gasteiger partial charge in [0.15, 0.2) is 9.84 Å². The van der Waals surface area contributed by atoms with E-state index >= 15 is 0 Å². The summed E-state index contributed by atoms with van der Waals surface area (Å²) in [5.74, 6) is 0.886. The summed E-state index contributed by atoms with van der Waals surface area (Å²) in [6, 6.07) is 13.7. The van der Waals surface area contributed by atoms with Crippen LogP contribution in [-0.2, 0) is 16.3 Å². The minimum absolute atomic E-state index is 0.253. The van der Waals surface area contributed by atoms with Crippen molar-refractivity contribution in [3.05, 3.63) is 59.2 Å². The highest BCUT2D eigenvalue weighted by Gasteiger charge is 2.19. The Morgan fingerprint density at radius 2 is 1.70 bits per heavy atom. The number of aliphatic hydroxyl groups excluding tert-OH is 1. The van der Waals surface area contributed by atoms with Crippen LogP contribution in [0.25, 0.3) is 11.1 Å². The van der Waals surface area contributed by atoms with Crippen LogP contribution >= 0.6 is 0 Å². The zero-order chi connectivity index (χ0) is 21.6. The van der Waals surface area contributed by atoms with Gasteiger partial charge in [0.2, 0.25) is 0 Å². The maximum atomic E-state index is 11.8. The molecule has 0 amide bonds. The van der Waals surface area contributed by atoms with Gasteiger partial charge < -0.3 is 9.84 Å². The first-order valence-electron chi connectivity index (χ1n) is 10.7. The largest absolute Gasteiger partial charge is 0.497 e. The van der Waals surface area contributed by atoms with Crippen LogP contribution in [0.3, 0.4) is 0 Å². The van der Waals surface area contributed by atoms with Crippen molar-refractivity contribution < 1.29 is 18.3 Å². The molecule has 4 nitrogen and oxygen atoms in total. The molecule has 1 aliphatic rings. The van der Waals surface area contributed by atoms with Gasteiger partial charge in [-0.3, -0.25) is 0 Å². The third-order valence-electron chi connectivity index (χ3n) is 5.84. The van der Waals surface area contributed by atoms with E-state index in [2.05, 4.69) is 12.1 Å². The summed E-state index contributed by atoms with van der Waals surface area (Å²) in [6.07, 6.45) is 9.32. The molecule has 3 rings (SSSR count). The third-order valence-corrected chi connectivity index (χ3v) is 6.97. The van der Waals surface area contributed by atoms with Gasteiger partial charge >= 0.3 is 0 Å². The van der Waals surface area contributed by atoms with Gasteiger partial charge in [0, 0.05) is 12.9 Å². The van der Waals surface area contributed by atoms with E-state index in [0.717, 1.165) is 62.7 Å². The molecule has 1 aliphatic carbocycles. The van der Waals surface area contributed by atoms with Gasteiger partial charge in [-0.2, -0.15) is 0 Å². The molecule has 0 atom stereocenters. The molecule has 1 N–H and O–H groups in total. The summed E-state index contributed by atoms with van der Waals surface area (Å²) in [5.41, 5.74) is 6.40. The summed E-state index contributed by atoms with van der Waals surface area (Å²) >= 11 is 0. The Bertz CT molecular complexity index is 988. The number of aliphatic hydroxyl groups is 1. The first-order chi connectivity index (χ1) is 14.4. The highest BCUT2D eigenvalue weighted by atomic mass is 32.2. The smallest absolute Gasteiger partial charge is 0.175 e. The second-order valence-corrected chi connectivity index (χ2v) is 10.0. The number of methoxy groups -OCH3 is 1. The van der Waals surface area contributed by atoms with E-state index in [4.69, 9.17) is 9.84 Å². The van der Waals surface area contributed by atoms with E-state index in [0.29, 0.717) is 4.90 Å². The average molecular weight is 429 g/mol. The van der Waals surface area contributed by atoms with Crippen molar-refractivity contribution in [1.29, 1.82) is 0 Å². The molecule has 0 saturated carbocycles. The molecular weight excluding hydrogens is 396 g/mol. The van der Waals surface area contributed by atoms with Gasteiger partial charge in [-0.25, -0.2) is 8.42 Å². The van der Waals surface area contributed by atoms with Crippen LogP contribution in [0.15, 0.2) is 47.4 Å². The summed E-state index contributed by atoms with van der Waals surface area (Å²) in [7, 11) is -1.50. The van der Waals surface area contributed by atoms with Crippen molar-refractivity contribution in [3.8, 4) is 5.75 Å². The minimum atomic E-state index is -3.20. The van der Waals surface area contributed by atoms with E-state index < -0.39 is 9.84 Å². The maximum absolute atomic E-state index is 11.8. The van der Waals surface area contributed by atoms with Crippen LogP contribution in [0.2, 0.25) is 0 Å². The van der Waals surface area contributed by atoms with Gasteiger partial charge in [-0.15, -0.1) is 0 Å². The molecule has 0 aliphatic heterocycles. The van der Waals surface area contributed by atoms with E-state index in [9.17, 15) is 8.42 Å². The molecule has 0 fully saturated rings. The number of rotatable bonds is 9. The van der Waals surface area contributed by atoms with Crippen molar-refractivity contribution in [3.63, 3.8) is 0 Å². The minimum Gasteiger partial charge on any atom is -0.497 e. The zero-order valence-electron chi connectivity index (χ0n) is 18.0. The monoisotopic (exact) mass is 428 g/mol. The van der Waals surface area contributed by atoms with E-state index in [1.165, 1.54) is 28.5 Å². The van der Waals surface area contributed by atoms with Crippen molar-refractivity contribution >= 4 is 21.0 Å². The van der Waals surface area contributed by atoms with Gasteiger partial charge in [-0.05, 0) is 90.6 Å². The Balaban J connectivity index is 2.00. The summed E-state index contributed by atoms with van der Waals surface area (Å²) in [5, 5.41) is 9.04. The quantitative estimate of drug-likeness (QED) is 0.551. The van der Waals surface area contributed by atoms with Crippen molar-refractivity contribution in [2.24, 2.45) is 0 Å². The lowest BCUT2D eigenvalue weighted by Crippen LogP contribution is -1.98. The van der Waals surface area contributed by atoms with E-state index in [1.54, 1.807) is 19.2 Å². The van der Waals surface area contributed by atoms with Crippen molar-refractivity contribution in [2.75, 3.05) is 20.0 Å². The fourth-order valence-electron chi connectivity index (χ4n) is 4.24. The number of ether oxygens (including phenoxy) is 1. The highest BCUT2D eigenvalue weighted by molar-refractivity contribution is 7.90. The molecule has 0 bridgehead atoms. The van der Waals surface area contributed by atoms with Crippen LogP contribution in [0.5, 0.6) is 5.75 Å². The normalized spacial score (nSPS) is 14.4. The van der Waals surface area contributed by atoms with Crippen LogP contribution in [0.4, 0.5) is 0 Å². The van der Waals surface area contributed by atoms with E-state index in [-0.39, 0.29) is 6.61 Å². The molecular formula is C25H32O4S. The Labute approximate surface area is 180 Å². The number of hydrogen-bond donors (Lipinski definition) is 1. The molecule has 0 unspecified atom stereocenters. The predicted molar refractivity (Wildman–Crippen MR) is 122 cm³/mol. The third kappa shape index (κ3) is 5.52. The number of hydrogen-bond acceptors (Lipinski definition) is 4. The van der Waals surface area contributed by atoms with E-state index in [1.807, 2.05) is 18.2 Å². The first kappa shape index (κ1) is 22.6. The van der Waals surface area contributed by atoms with Crippen molar-refractivity contribution in [1.82, 2.24) is 0 Å². The molecule has 0 heterocycles. The summed E-state index contributed by atoms with van der Waals surface area (Å²) in [4.78, 5) is 0.358. The van der Waals surface area contributed by atoms with Crippen LogP contribution < -0.4 is 4.74 Å². The molecule has 2 aromatic rings. The standard InChI is InChI=1S/C25H32O4S/c1-29-21-13-16-24-20(18-21)8-7-10-23(25(24)9-5-3-4-6-17-26)19-11-14-22(15-12-19)30(2,27)28/h11-16,18,26H,3-10,17H2,1-2H3. The van der Waals surface area contributed by atoms with Gasteiger partial charge in [0.25, 0.3) is 0 Å². The molecule has 0 spiro atoms. The number of benzene rings is 2. The lowest BCUT2D eigenvalue weighted by atomic mass is 9.89. The second kappa shape index (κ2) is 10.3. The highest BCUT2D eigenvalue weighted by Crippen LogP contribution is 2.40. The number of aryl methyl sites for hydroxylation is 1. The topological polar surface area (TPSA) is 63.6 Å². The van der Waals surface area contributed by atoms with Gasteiger partial charge in [0.05, 0.1) is 12.0 Å². The predicted octanol–water partition coefficient (Wildman–Crippen LogP) is 5.29. The number of allylic oxidation sites excluding steroid dienone is 2. The van der Waals surface area contributed by atoms with Gasteiger partial charge in [0.1, 0.15) is 5.75 Å². The number of unbranched alkanes of at least 4 members (excludes halogenated alkanes) is 3. The summed E-state index contributed by atoms with van der Waals surface area (Å²) in [6.45, 7) is 0.253. The fraction of sp³-hybridized carbons (Fsp3) is 0.440. The molecule has 30 heavy (non-hydrogen) atoms. The molecule has 2 aromatic carbocycles. The zero-order valence-corrected chi connectivity index (χ0v) is 18.8. The Morgan fingerprint density at radius 3 is 2.37 bits per heavy atom.